The maximum atomic E-state index is 10.1. The Bertz CT molecular complexity index is 355. The second-order valence-corrected chi connectivity index (χ2v) is 4.47. The second kappa shape index (κ2) is 3.07. The normalized spacial score (nSPS) is 30.4. The predicted octanol–water partition coefficient (Wildman–Crippen LogP) is 1.38. The molecule has 0 amide bonds. The van der Waals surface area contributed by atoms with Crippen molar-refractivity contribution in [1.82, 2.24) is 0 Å². The fourth-order valence-corrected chi connectivity index (χ4v) is 2.37. The van der Waals surface area contributed by atoms with Gasteiger partial charge in [-0.25, -0.2) is 0 Å². The van der Waals surface area contributed by atoms with Crippen LogP contribution in [0.15, 0.2) is 18.2 Å². The summed E-state index contributed by atoms with van der Waals surface area (Å²) in [5.41, 5.74) is 2.69. The molecule has 2 rings (SSSR count). The lowest BCUT2D eigenvalue weighted by molar-refractivity contribution is 0.0227. The zero-order chi connectivity index (χ0) is 10.3. The maximum absolute atomic E-state index is 10.1. The van der Waals surface area contributed by atoms with Crippen LogP contribution in [0.3, 0.4) is 0 Å². The minimum absolute atomic E-state index is 0.0169. The third-order valence-electron chi connectivity index (χ3n) is 3.16. The molecule has 0 saturated heterocycles. The second-order valence-electron chi connectivity index (χ2n) is 4.47. The zero-order valence-corrected chi connectivity index (χ0v) is 8.62. The van der Waals surface area contributed by atoms with E-state index in [9.17, 15) is 10.2 Å². The summed E-state index contributed by atoms with van der Waals surface area (Å²) in [7, 11) is 0. The van der Waals surface area contributed by atoms with Crippen molar-refractivity contribution in [2.24, 2.45) is 0 Å². The van der Waals surface area contributed by atoms with Crippen LogP contribution in [0.5, 0.6) is 0 Å². The largest absolute Gasteiger partial charge is 0.396 e. The molecule has 0 radical (unpaired) electrons. The van der Waals surface area contributed by atoms with Gasteiger partial charge in [0.2, 0.25) is 0 Å². The molecule has 2 N–H and O–H groups in total. The minimum Gasteiger partial charge on any atom is -0.396 e. The van der Waals surface area contributed by atoms with Gasteiger partial charge in [-0.1, -0.05) is 23.8 Å². The minimum atomic E-state index is -0.787. The van der Waals surface area contributed by atoms with Crippen LogP contribution in [0.2, 0.25) is 0 Å². The van der Waals surface area contributed by atoms with E-state index in [1.54, 1.807) is 6.92 Å². The van der Waals surface area contributed by atoms with Crippen LogP contribution >= 0.6 is 0 Å². The van der Waals surface area contributed by atoms with Crippen molar-refractivity contribution in [3.8, 4) is 0 Å². The van der Waals surface area contributed by atoms with Crippen LogP contribution in [-0.4, -0.2) is 22.4 Å². The summed E-state index contributed by atoms with van der Waals surface area (Å²) < 4.78 is 0. The van der Waals surface area contributed by atoms with Crippen molar-refractivity contribution >= 4 is 0 Å². The molecule has 1 aliphatic rings. The molecule has 0 spiro atoms. The summed E-state index contributed by atoms with van der Waals surface area (Å²) in [6, 6.07) is 6.15. The first kappa shape index (κ1) is 9.69. The fourth-order valence-electron chi connectivity index (χ4n) is 2.37. The Balaban J connectivity index is 2.48. The molecule has 2 unspecified atom stereocenters. The Labute approximate surface area is 84.2 Å². The van der Waals surface area contributed by atoms with Crippen molar-refractivity contribution in [1.29, 1.82) is 0 Å². The summed E-state index contributed by atoms with van der Waals surface area (Å²) in [5.74, 6) is -0.127. The fraction of sp³-hybridized carbons (Fsp3) is 0.500. The van der Waals surface area contributed by atoms with Crippen molar-refractivity contribution in [3.05, 3.63) is 34.9 Å². The quantitative estimate of drug-likeness (QED) is 0.705. The molecule has 0 saturated carbocycles. The van der Waals surface area contributed by atoms with Gasteiger partial charge in [-0.15, -0.1) is 0 Å². The summed E-state index contributed by atoms with van der Waals surface area (Å²) >= 11 is 0. The number of aliphatic hydroxyl groups is 2. The van der Waals surface area contributed by atoms with Gasteiger partial charge in [-0.3, -0.25) is 0 Å². The first-order chi connectivity index (χ1) is 6.54. The molecule has 2 heteroatoms. The summed E-state index contributed by atoms with van der Waals surface area (Å²) in [4.78, 5) is 0. The Morgan fingerprint density at radius 3 is 2.86 bits per heavy atom. The molecule has 0 bridgehead atoms. The number of hydrogen-bond donors (Lipinski definition) is 2. The summed E-state index contributed by atoms with van der Waals surface area (Å²) in [6.45, 7) is 3.85. The lowest BCUT2D eigenvalue weighted by Crippen LogP contribution is -2.31. The van der Waals surface area contributed by atoms with E-state index >= 15 is 0 Å². The predicted molar refractivity (Wildman–Crippen MR) is 55.3 cm³/mol. The molecule has 1 aromatic rings. The van der Waals surface area contributed by atoms with Gasteiger partial charge in [0.15, 0.2) is 0 Å². The van der Waals surface area contributed by atoms with Gasteiger partial charge < -0.3 is 10.2 Å². The Morgan fingerprint density at radius 2 is 2.21 bits per heavy atom. The lowest BCUT2D eigenvalue weighted by Gasteiger charge is -2.24. The number of aliphatic hydroxyl groups excluding tert-OH is 1. The average molecular weight is 192 g/mol. The molecule has 2 nitrogen and oxygen atoms in total. The highest BCUT2D eigenvalue weighted by molar-refractivity contribution is 5.41. The summed E-state index contributed by atoms with van der Waals surface area (Å²) in [6.07, 6.45) is 0.648. The van der Waals surface area contributed by atoms with Crippen LogP contribution in [0, 0.1) is 6.92 Å². The van der Waals surface area contributed by atoms with Crippen LogP contribution in [-0.2, 0) is 6.42 Å². The van der Waals surface area contributed by atoms with Gasteiger partial charge in [0, 0.05) is 12.3 Å². The van der Waals surface area contributed by atoms with E-state index in [1.165, 1.54) is 11.1 Å². The molecular weight excluding hydrogens is 176 g/mol. The van der Waals surface area contributed by atoms with E-state index in [1.807, 2.05) is 19.1 Å². The topological polar surface area (TPSA) is 40.5 Å². The Morgan fingerprint density at radius 1 is 1.50 bits per heavy atom. The average Bonchev–Trinajstić information content (AvgIpc) is 2.33. The standard InChI is InChI=1S/C12H16O2/c1-8-3-4-10-9(5-8)6-12(2,14)11(10)7-13/h3-5,11,13-14H,6-7H2,1-2H3. The van der Waals surface area contributed by atoms with Gasteiger partial charge in [-0.2, -0.15) is 0 Å². The number of aryl methyl sites for hydroxylation is 1. The number of benzene rings is 1. The van der Waals surface area contributed by atoms with Crippen LogP contribution in [0.1, 0.15) is 29.5 Å². The monoisotopic (exact) mass is 192 g/mol. The SMILES string of the molecule is Cc1ccc2c(c1)CC(C)(O)C2CO. The van der Waals surface area contributed by atoms with E-state index in [4.69, 9.17) is 0 Å². The highest BCUT2D eigenvalue weighted by atomic mass is 16.3. The first-order valence-electron chi connectivity index (χ1n) is 4.97. The van der Waals surface area contributed by atoms with Gasteiger partial charge >= 0.3 is 0 Å². The van der Waals surface area contributed by atoms with E-state index in [2.05, 4.69) is 6.07 Å². The number of rotatable bonds is 1. The van der Waals surface area contributed by atoms with Gasteiger partial charge in [0.1, 0.15) is 0 Å². The third kappa shape index (κ3) is 1.35. The van der Waals surface area contributed by atoms with Crippen molar-refractivity contribution in [2.75, 3.05) is 6.61 Å². The van der Waals surface area contributed by atoms with Crippen LogP contribution < -0.4 is 0 Å². The highest BCUT2D eigenvalue weighted by Crippen LogP contribution is 2.40. The molecule has 1 aliphatic carbocycles. The van der Waals surface area contributed by atoms with E-state index in [0.29, 0.717) is 6.42 Å². The molecule has 2 atom stereocenters. The lowest BCUT2D eigenvalue weighted by atomic mass is 9.91. The zero-order valence-electron chi connectivity index (χ0n) is 8.62. The number of fused-ring (bicyclic) bond motifs is 1. The molecule has 14 heavy (non-hydrogen) atoms. The van der Waals surface area contributed by atoms with Gasteiger partial charge in [0.25, 0.3) is 0 Å². The smallest absolute Gasteiger partial charge is 0.0750 e. The van der Waals surface area contributed by atoms with Gasteiger partial charge in [0.05, 0.1) is 12.2 Å². The third-order valence-corrected chi connectivity index (χ3v) is 3.16. The molecule has 0 fully saturated rings. The molecule has 0 aliphatic heterocycles. The Kier molecular flexibility index (Phi) is 2.13. The van der Waals surface area contributed by atoms with Gasteiger partial charge in [-0.05, 0) is 25.0 Å². The Hall–Kier alpha value is -0.860. The maximum Gasteiger partial charge on any atom is 0.0750 e. The first-order valence-corrected chi connectivity index (χ1v) is 4.97. The molecule has 1 aromatic carbocycles. The van der Waals surface area contributed by atoms with Crippen molar-refractivity contribution in [2.45, 2.75) is 31.8 Å². The van der Waals surface area contributed by atoms with Crippen molar-refractivity contribution < 1.29 is 10.2 Å². The highest BCUT2D eigenvalue weighted by Gasteiger charge is 2.40. The van der Waals surface area contributed by atoms with E-state index < -0.39 is 5.60 Å². The molecule has 0 heterocycles. The molecule has 76 valence electrons. The number of hydrogen-bond acceptors (Lipinski definition) is 2. The molecule has 0 aromatic heterocycles. The van der Waals surface area contributed by atoms with Crippen LogP contribution in [0.25, 0.3) is 0 Å². The molecular formula is C12H16O2. The summed E-state index contributed by atoms with van der Waals surface area (Å²) in [5, 5.41) is 19.4. The van der Waals surface area contributed by atoms with E-state index in [0.717, 1.165) is 5.56 Å². The van der Waals surface area contributed by atoms with Crippen LogP contribution in [0.4, 0.5) is 0 Å². The van der Waals surface area contributed by atoms with Crippen molar-refractivity contribution in [3.63, 3.8) is 0 Å². The van der Waals surface area contributed by atoms with E-state index in [-0.39, 0.29) is 12.5 Å².